The third-order valence-corrected chi connectivity index (χ3v) is 2.55. The fraction of sp³-hybridized carbons (Fsp3) is 0.556. The molecule has 0 fully saturated rings. The molecular weight excluding hydrogens is 198 g/mol. The predicted molar refractivity (Wildman–Crippen MR) is 56.4 cm³/mol. The zero-order valence-corrected chi connectivity index (χ0v) is 9.27. The van der Waals surface area contributed by atoms with Gasteiger partial charge in [0, 0.05) is 6.54 Å². The zero-order valence-electron chi connectivity index (χ0n) is 8.46. The molecule has 0 bridgehead atoms. The Bertz CT molecular complexity index is 359. The van der Waals surface area contributed by atoms with Gasteiger partial charge in [-0.1, -0.05) is 0 Å². The van der Waals surface area contributed by atoms with E-state index in [9.17, 15) is 5.11 Å². The van der Waals surface area contributed by atoms with Crippen molar-refractivity contribution in [2.24, 2.45) is 0 Å². The van der Waals surface area contributed by atoms with Crippen molar-refractivity contribution in [3.63, 3.8) is 0 Å². The van der Waals surface area contributed by atoms with Crippen molar-refractivity contribution in [3.8, 4) is 6.07 Å². The molecule has 0 aromatic carbocycles. The number of nitrogens with one attached hydrogen (secondary N) is 1. The Labute approximate surface area is 87.4 Å². The Morgan fingerprint density at radius 3 is 2.79 bits per heavy atom. The number of aliphatic hydroxyl groups is 1. The molecule has 2 N–H and O–H groups in total. The van der Waals surface area contributed by atoms with Crippen LogP contribution in [0.5, 0.6) is 0 Å². The SMILES string of the molecule is Cc1nsc(NCC(C)(C)O)c1C#N. The van der Waals surface area contributed by atoms with Crippen molar-refractivity contribution in [2.75, 3.05) is 11.9 Å². The van der Waals surface area contributed by atoms with E-state index in [2.05, 4.69) is 15.8 Å². The Kier molecular flexibility index (Phi) is 3.09. The fourth-order valence-electron chi connectivity index (χ4n) is 0.919. The van der Waals surface area contributed by atoms with Crippen LogP contribution < -0.4 is 5.32 Å². The van der Waals surface area contributed by atoms with E-state index in [0.717, 1.165) is 10.7 Å². The third kappa shape index (κ3) is 2.69. The van der Waals surface area contributed by atoms with Gasteiger partial charge in [-0.2, -0.15) is 9.64 Å². The van der Waals surface area contributed by atoms with Crippen LogP contribution in [0.2, 0.25) is 0 Å². The first kappa shape index (κ1) is 11.0. The summed E-state index contributed by atoms with van der Waals surface area (Å²) in [5.74, 6) is 0. The summed E-state index contributed by atoms with van der Waals surface area (Å²) in [5.41, 5.74) is 0.514. The van der Waals surface area contributed by atoms with Crippen molar-refractivity contribution in [1.82, 2.24) is 4.37 Å². The number of rotatable bonds is 3. The lowest BCUT2D eigenvalue weighted by atomic mass is 10.1. The van der Waals surface area contributed by atoms with Crippen molar-refractivity contribution >= 4 is 16.5 Å². The maximum Gasteiger partial charge on any atom is 0.127 e. The lowest BCUT2D eigenvalue weighted by Gasteiger charge is -2.17. The molecule has 0 saturated heterocycles. The number of nitriles is 1. The van der Waals surface area contributed by atoms with Crippen LogP contribution in [0.4, 0.5) is 5.00 Å². The van der Waals surface area contributed by atoms with E-state index >= 15 is 0 Å². The van der Waals surface area contributed by atoms with Crippen LogP contribution in [0.3, 0.4) is 0 Å². The minimum absolute atomic E-state index is 0.406. The number of anilines is 1. The maximum absolute atomic E-state index is 9.49. The molecule has 14 heavy (non-hydrogen) atoms. The van der Waals surface area contributed by atoms with E-state index in [4.69, 9.17) is 5.26 Å². The van der Waals surface area contributed by atoms with Crippen LogP contribution in [-0.2, 0) is 0 Å². The Balaban J connectivity index is 2.74. The zero-order chi connectivity index (χ0) is 10.8. The van der Waals surface area contributed by atoms with Crippen LogP contribution in [0.25, 0.3) is 0 Å². The van der Waals surface area contributed by atoms with Gasteiger partial charge in [-0.15, -0.1) is 0 Å². The topological polar surface area (TPSA) is 68.9 Å². The molecule has 0 spiro atoms. The second-order valence-corrected chi connectivity index (χ2v) is 4.52. The summed E-state index contributed by atoms with van der Waals surface area (Å²) in [6, 6.07) is 2.08. The third-order valence-electron chi connectivity index (χ3n) is 1.66. The lowest BCUT2D eigenvalue weighted by molar-refractivity contribution is 0.0946. The molecular formula is C9H13N3OS. The normalized spacial score (nSPS) is 11.1. The smallest absolute Gasteiger partial charge is 0.127 e. The molecule has 0 aliphatic heterocycles. The van der Waals surface area contributed by atoms with E-state index < -0.39 is 5.60 Å². The first-order valence-corrected chi connectivity index (χ1v) is 5.04. The molecule has 1 rings (SSSR count). The Hall–Kier alpha value is -1.12. The van der Waals surface area contributed by atoms with Gasteiger partial charge in [-0.05, 0) is 32.3 Å². The summed E-state index contributed by atoms with van der Waals surface area (Å²) in [6.07, 6.45) is 0. The Morgan fingerprint density at radius 1 is 1.64 bits per heavy atom. The maximum atomic E-state index is 9.49. The number of hydrogen-bond acceptors (Lipinski definition) is 5. The average molecular weight is 211 g/mol. The molecule has 0 amide bonds. The summed E-state index contributed by atoms with van der Waals surface area (Å²) < 4.78 is 4.06. The largest absolute Gasteiger partial charge is 0.389 e. The number of aryl methyl sites for hydroxylation is 1. The minimum Gasteiger partial charge on any atom is -0.389 e. The molecule has 1 aromatic heterocycles. The van der Waals surface area contributed by atoms with E-state index in [1.54, 1.807) is 20.8 Å². The Morgan fingerprint density at radius 2 is 2.29 bits per heavy atom. The van der Waals surface area contributed by atoms with E-state index in [1.165, 1.54) is 11.5 Å². The van der Waals surface area contributed by atoms with Crippen molar-refractivity contribution in [1.29, 1.82) is 5.26 Å². The number of hydrogen-bond donors (Lipinski definition) is 2. The number of aromatic nitrogens is 1. The molecule has 0 radical (unpaired) electrons. The van der Waals surface area contributed by atoms with Gasteiger partial charge >= 0.3 is 0 Å². The van der Waals surface area contributed by atoms with Gasteiger partial charge in [0.05, 0.1) is 11.3 Å². The molecule has 5 heteroatoms. The van der Waals surface area contributed by atoms with Crippen molar-refractivity contribution < 1.29 is 5.11 Å². The van der Waals surface area contributed by atoms with Gasteiger partial charge in [-0.25, -0.2) is 0 Å². The van der Waals surface area contributed by atoms with Crippen LogP contribution in [-0.4, -0.2) is 21.6 Å². The molecule has 1 heterocycles. The first-order valence-electron chi connectivity index (χ1n) is 4.26. The standard InChI is InChI=1S/C9H13N3OS/c1-6-7(4-10)8(14-12-6)11-5-9(2,3)13/h11,13H,5H2,1-3H3. The van der Waals surface area contributed by atoms with E-state index in [-0.39, 0.29) is 0 Å². The summed E-state index contributed by atoms with van der Waals surface area (Å²) in [5, 5.41) is 22.1. The molecule has 76 valence electrons. The summed E-state index contributed by atoms with van der Waals surface area (Å²) in [7, 11) is 0. The van der Waals surface area contributed by atoms with Gasteiger partial charge in [0.1, 0.15) is 16.6 Å². The highest BCUT2D eigenvalue weighted by Gasteiger charge is 2.15. The quantitative estimate of drug-likeness (QED) is 0.795. The van der Waals surface area contributed by atoms with Gasteiger partial charge in [0.2, 0.25) is 0 Å². The minimum atomic E-state index is -0.787. The van der Waals surface area contributed by atoms with E-state index in [0.29, 0.717) is 12.1 Å². The van der Waals surface area contributed by atoms with Gasteiger partial charge in [-0.3, -0.25) is 0 Å². The predicted octanol–water partition coefficient (Wildman–Crippen LogP) is 1.51. The van der Waals surface area contributed by atoms with Crippen molar-refractivity contribution in [2.45, 2.75) is 26.4 Å². The molecule has 0 aliphatic carbocycles. The lowest BCUT2D eigenvalue weighted by Crippen LogP contribution is -2.29. The second-order valence-electron chi connectivity index (χ2n) is 3.75. The molecule has 0 unspecified atom stereocenters. The van der Waals surface area contributed by atoms with Crippen LogP contribution in [0, 0.1) is 18.3 Å². The molecule has 0 aliphatic rings. The van der Waals surface area contributed by atoms with Gasteiger partial charge < -0.3 is 10.4 Å². The van der Waals surface area contributed by atoms with Crippen LogP contribution >= 0.6 is 11.5 Å². The molecule has 0 atom stereocenters. The van der Waals surface area contributed by atoms with E-state index in [1.807, 2.05) is 0 Å². The summed E-state index contributed by atoms with van der Waals surface area (Å²) in [4.78, 5) is 0. The summed E-state index contributed by atoms with van der Waals surface area (Å²) >= 11 is 1.25. The van der Waals surface area contributed by atoms with Crippen LogP contribution in [0.1, 0.15) is 25.1 Å². The van der Waals surface area contributed by atoms with Gasteiger partial charge in [0.15, 0.2) is 0 Å². The summed E-state index contributed by atoms with van der Waals surface area (Å²) in [6.45, 7) is 5.62. The van der Waals surface area contributed by atoms with Crippen molar-refractivity contribution in [3.05, 3.63) is 11.3 Å². The van der Waals surface area contributed by atoms with Crippen LogP contribution in [0.15, 0.2) is 0 Å². The fourth-order valence-corrected chi connectivity index (χ4v) is 1.66. The monoisotopic (exact) mass is 211 g/mol. The molecule has 0 saturated carbocycles. The highest BCUT2D eigenvalue weighted by molar-refractivity contribution is 7.10. The second kappa shape index (κ2) is 3.95. The average Bonchev–Trinajstić information content (AvgIpc) is 2.41. The number of nitrogens with zero attached hydrogens (tertiary/aromatic N) is 2. The first-order chi connectivity index (χ1) is 6.44. The van der Waals surface area contributed by atoms with Gasteiger partial charge in [0.25, 0.3) is 0 Å². The highest BCUT2D eigenvalue weighted by atomic mass is 32.1. The molecule has 4 nitrogen and oxygen atoms in total. The molecule has 1 aromatic rings. The highest BCUT2D eigenvalue weighted by Crippen LogP contribution is 2.23.